The van der Waals surface area contributed by atoms with E-state index in [1.807, 2.05) is 30.3 Å². The molecule has 0 bridgehead atoms. The van der Waals surface area contributed by atoms with Gasteiger partial charge in [0, 0.05) is 40.1 Å². The Morgan fingerprint density at radius 1 is 1.03 bits per heavy atom. The lowest BCUT2D eigenvalue weighted by Gasteiger charge is -2.15. The molecule has 8 nitrogen and oxygen atoms in total. The van der Waals surface area contributed by atoms with Crippen molar-refractivity contribution in [3.63, 3.8) is 0 Å². The van der Waals surface area contributed by atoms with Crippen molar-refractivity contribution in [3.05, 3.63) is 66.2 Å². The molecule has 0 aliphatic heterocycles. The van der Waals surface area contributed by atoms with E-state index in [2.05, 4.69) is 16.2 Å². The second-order valence-corrected chi connectivity index (χ2v) is 9.18. The van der Waals surface area contributed by atoms with E-state index in [1.54, 1.807) is 12.1 Å². The number of ether oxygens (including phenoxy) is 2. The first kappa shape index (κ1) is 23.2. The van der Waals surface area contributed by atoms with Crippen LogP contribution in [0.4, 0.5) is 5.69 Å². The fourth-order valence-electron chi connectivity index (χ4n) is 4.08. The molecule has 0 spiro atoms. The number of para-hydroxylation sites is 1. The summed E-state index contributed by atoms with van der Waals surface area (Å²) in [7, 11) is -1.39. The monoisotopic (exact) mass is 480 g/mol. The number of sulfonamides is 1. The normalized spacial score (nSPS) is 11.9. The molecule has 34 heavy (non-hydrogen) atoms. The van der Waals surface area contributed by atoms with Crippen LogP contribution < -0.4 is 14.2 Å². The number of rotatable bonds is 8. The molecule has 4 rings (SSSR count). The van der Waals surface area contributed by atoms with E-state index in [1.165, 1.54) is 32.4 Å². The van der Waals surface area contributed by atoms with Gasteiger partial charge in [0.2, 0.25) is 0 Å². The average molecular weight is 481 g/mol. The van der Waals surface area contributed by atoms with Gasteiger partial charge in [0.05, 0.1) is 14.2 Å². The Morgan fingerprint density at radius 2 is 1.76 bits per heavy atom. The molecule has 2 N–H and O–H groups in total. The maximum absolute atomic E-state index is 13.4. The van der Waals surface area contributed by atoms with Crippen molar-refractivity contribution >= 4 is 49.6 Å². The molecule has 3 aromatic carbocycles. The van der Waals surface area contributed by atoms with Crippen LogP contribution in [0.15, 0.2) is 65.6 Å². The van der Waals surface area contributed by atoms with Crippen LogP contribution >= 0.6 is 0 Å². The van der Waals surface area contributed by atoms with E-state index in [4.69, 9.17) is 14.6 Å². The molecule has 1 aromatic heterocycles. The Bertz CT molecular complexity index is 1540. The Balaban J connectivity index is 1.82. The molecule has 176 valence electrons. The molecule has 0 fully saturated rings. The van der Waals surface area contributed by atoms with E-state index in [-0.39, 0.29) is 16.4 Å². The summed E-state index contributed by atoms with van der Waals surface area (Å²) >= 11 is 0. The number of fused-ring (bicyclic) bond motifs is 3. The minimum absolute atomic E-state index is 0.0196. The zero-order valence-electron chi connectivity index (χ0n) is 18.9. The molecule has 0 saturated heterocycles. The number of carbonyl (C=O) groups is 1. The van der Waals surface area contributed by atoms with Crippen molar-refractivity contribution in [1.29, 1.82) is 0 Å². The van der Waals surface area contributed by atoms with Crippen molar-refractivity contribution in [3.8, 4) is 11.5 Å². The molecule has 0 radical (unpaired) electrons. The van der Waals surface area contributed by atoms with Crippen molar-refractivity contribution in [2.24, 2.45) is 0 Å². The van der Waals surface area contributed by atoms with Gasteiger partial charge in [0.25, 0.3) is 10.0 Å². The average Bonchev–Trinajstić information content (AvgIpc) is 3.14. The molecule has 0 atom stereocenters. The second kappa shape index (κ2) is 9.11. The fraction of sp³-hybridized carbons (Fsp3) is 0.160. The van der Waals surface area contributed by atoms with Crippen LogP contribution in [0.2, 0.25) is 0 Å². The predicted molar refractivity (Wildman–Crippen MR) is 132 cm³/mol. The highest BCUT2D eigenvalue weighted by Crippen LogP contribution is 2.37. The number of benzene rings is 3. The lowest BCUT2D eigenvalue weighted by Crippen LogP contribution is -2.15. The zero-order chi connectivity index (χ0) is 24.5. The second-order valence-electron chi connectivity index (χ2n) is 7.52. The highest BCUT2D eigenvalue weighted by molar-refractivity contribution is 7.92. The third-order valence-corrected chi connectivity index (χ3v) is 6.90. The number of aryl methyl sites for hydroxylation is 1. The van der Waals surface area contributed by atoms with E-state index in [0.717, 1.165) is 34.4 Å². The molecule has 9 heteroatoms. The molecule has 0 aliphatic rings. The Kier molecular flexibility index (Phi) is 6.21. The largest absolute Gasteiger partial charge is 0.493 e. The van der Waals surface area contributed by atoms with Gasteiger partial charge in [-0.2, -0.15) is 0 Å². The predicted octanol–water partition coefficient (Wildman–Crippen LogP) is 4.73. The van der Waals surface area contributed by atoms with Crippen LogP contribution in [0, 0.1) is 0 Å². The summed E-state index contributed by atoms with van der Waals surface area (Å²) in [5.74, 6) is -0.972. The summed E-state index contributed by atoms with van der Waals surface area (Å²) in [6.07, 6.45) is 2.21. The van der Waals surface area contributed by atoms with E-state index in [0.29, 0.717) is 11.3 Å². The summed E-state index contributed by atoms with van der Waals surface area (Å²) in [5, 5.41) is 10.9. The number of aliphatic carboxylic acids is 1. The molecule has 0 aliphatic carbocycles. The lowest BCUT2D eigenvalue weighted by atomic mass is 10.1. The topological polar surface area (TPSA) is 107 Å². The van der Waals surface area contributed by atoms with Gasteiger partial charge < -0.3 is 19.1 Å². The lowest BCUT2D eigenvalue weighted by molar-refractivity contribution is -0.131. The highest BCUT2D eigenvalue weighted by Gasteiger charge is 2.24. The number of hydrogen-bond donors (Lipinski definition) is 2. The first-order valence-corrected chi connectivity index (χ1v) is 12.0. The van der Waals surface area contributed by atoms with E-state index >= 15 is 0 Å². The van der Waals surface area contributed by atoms with Crippen molar-refractivity contribution < 1.29 is 27.8 Å². The standard InChI is InChI=1S/C25H24N2O6S/c1-4-27-20-8-6-5-7-18(20)19-15-17(10-11-21(19)27)26-34(30,31)23-14-16(9-12-24(28)29)13-22(32-2)25(23)33-3/h5-15,26H,4H2,1-3H3,(H,28,29)/b12-9+. The third-order valence-electron chi connectivity index (χ3n) is 5.52. The molecule has 0 unspecified atom stereocenters. The van der Waals surface area contributed by atoms with Crippen molar-refractivity contribution in [1.82, 2.24) is 4.57 Å². The highest BCUT2D eigenvalue weighted by atomic mass is 32.2. The number of carboxylic acids is 1. The molecular weight excluding hydrogens is 456 g/mol. The van der Waals surface area contributed by atoms with Gasteiger partial charge in [-0.1, -0.05) is 18.2 Å². The number of hydrogen-bond acceptors (Lipinski definition) is 5. The Labute approximate surface area is 197 Å². The summed E-state index contributed by atoms with van der Waals surface area (Å²) in [6, 6.07) is 16.2. The number of carboxylic acid groups (broad SMARTS) is 1. The molecular formula is C25H24N2O6S. The van der Waals surface area contributed by atoms with Crippen molar-refractivity contribution in [2.75, 3.05) is 18.9 Å². The van der Waals surface area contributed by atoms with Gasteiger partial charge in [-0.25, -0.2) is 13.2 Å². The Hall–Kier alpha value is -3.98. The number of methoxy groups -OCH3 is 2. The first-order valence-electron chi connectivity index (χ1n) is 10.5. The molecule has 4 aromatic rings. The summed E-state index contributed by atoms with van der Waals surface area (Å²) in [6.45, 7) is 2.84. The maximum Gasteiger partial charge on any atom is 0.328 e. The van der Waals surface area contributed by atoms with Gasteiger partial charge in [-0.05, 0) is 55.0 Å². The first-order chi connectivity index (χ1) is 16.3. The van der Waals surface area contributed by atoms with Crippen LogP contribution in [0.3, 0.4) is 0 Å². The number of nitrogens with one attached hydrogen (secondary N) is 1. The SMILES string of the molecule is CCn1c2ccccc2c2cc(NS(=O)(=O)c3cc(/C=C/C(=O)O)cc(OC)c3OC)ccc21. The van der Waals surface area contributed by atoms with Crippen LogP contribution in [0.5, 0.6) is 11.5 Å². The van der Waals surface area contributed by atoms with Crippen LogP contribution in [0.1, 0.15) is 12.5 Å². The van der Waals surface area contributed by atoms with Crippen LogP contribution in [-0.2, 0) is 21.4 Å². The number of anilines is 1. The summed E-state index contributed by atoms with van der Waals surface area (Å²) < 4.78 is 42.2. The number of nitrogens with zero attached hydrogens (tertiary/aromatic N) is 1. The van der Waals surface area contributed by atoms with Crippen LogP contribution in [-0.4, -0.2) is 38.3 Å². The minimum Gasteiger partial charge on any atom is -0.493 e. The van der Waals surface area contributed by atoms with Gasteiger partial charge in [-0.3, -0.25) is 4.72 Å². The fourth-order valence-corrected chi connectivity index (χ4v) is 5.35. The molecule has 1 heterocycles. The van der Waals surface area contributed by atoms with E-state index < -0.39 is 16.0 Å². The van der Waals surface area contributed by atoms with Gasteiger partial charge in [0.15, 0.2) is 11.5 Å². The third kappa shape index (κ3) is 4.17. The molecule has 0 amide bonds. The van der Waals surface area contributed by atoms with E-state index in [9.17, 15) is 13.2 Å². The van der Waals surface area contributed by atoms with Gasteiger partial charge in [-0.15, -0.1) is 0 Å². The van der Waals surface area contributed by atoms with Crippen molar-refractivity contribution in [2.45, 2.75) is 18.4 Å². The number of aromatic nitrogens is 1. The zero-order valence-corrected chi connectivity index (χ0v) is 19.7. The van der Waals surface area contributed by atoms with Gasteiger partial charge in [0.1, 0.15) is 4.90 Å². The summed E-state index contributed by atoms with van der Waals surface area (Å²) in [5.41, 5.74) is 2.80. The smallest absolute Gasteiger partial charge is 0.328 e. The van der Waals surface area contributed by atoms with Gasteiger partial charge >= 0.3 is 5.97 Å². The maximum atomic E-state index is 13.4. The minimum atomic E-state index is -4.11. The quantitative estimate of drug-likeness (QED) is 0.353. The Morgan fingerprint density at radius 3 is 2.44 bits per heavy atom. The van der Waals surface area contributed by atoms with Crippen LogP contribution in [0.25, 0.3) is 27.9 Å². The molecule has 0 saturated carbocycles. The summed E-state index contributed by atoms with van der Waals surface area (Å²) in [4.78, 5) is 10.8.